The predicted octanol–water partition coefficient (Wildman–Crippen LogP) is 7.43. The van der Waals surface area contributed by atoms with E-state index >= 15 is 0 Å². The lowest BCUT2D eigenvalue weighted by atomic mass is 10.00. The lowest BCUT2D eigenvalue weighted by molar-refractivity contribution is -0.968. The van der Waals surface area contributed by atoms with Gasteiger partial charge < -0.3 is 15.3 Å². The van der Waals surface area contributed by atoms with Crippen molar-refractivity contribution in [2.24, 2.45) is 0 Å². The van der Waals surface area contributed by atoms with Gasteiger partial charge in [-0.2, -0.15) is 0 Å². The fourth-order valence-electron chi connectivity index (χ4n) is 5.37. The summed E-state index contributed by atoms with van der Waals surface area (Å²) in [4.78, 5) is 35.4. The van der Waals surface area contributed by atoms with E-state index in [0.29, 0.717) is 6.42 Å². The Labute approximate surface area is 225 Å². The number of rotatable bonds is 25. The normalized spacial score (nSPS) is 15.8. The molecule has 3 N–H and O–H groups in total. The van der Waals surface area contributed by atoms with E-state index in [1.807, 2.05) is 0 Å². The van der Waals surface area contributed by atoms with E-state index in [-0.39, 0.29) is 6.54 Å². The lowest BCUT2D eigenvalue weighted by Crippen LogP contribution is -2.70. The Morgan fingerprint density at radius 3 is 1.16 bits per heavy atom. The first-order valence-electron chi connectivity index (χ1n) is 14.8. The minimum Gasteiger partial charge on any atom is -0.477 e. The topological polar surface area (TPSA) is 112 Å². The summed E-state index contributed by atoms with van der Waals surface area (Å²) < 4.78 is -0.482. The van der Waals surface area contributed by atoms with Gasteiger partial charge in [0.05, 0.1) is 6.54 Å². The van der Waals surface area contributed by atoms with E-state index < -0.39 is 40.5 Å². The highest BCUT2D eigenvalue weighted by Crippen LogP contribution is 2.27. The molecule has 3 atom stereocenters. The number of carboxylic acid groups (broad SMARTS) is 3. The van der Waals surface area contributed by atoms with Crippen molar-refractivity contribution in [3.8, 4) is 0 Å². The second kappa shape index (κ2) is 21.1. The van der Waals surface area contributed by atoms with E-state index in [0.717, 1.165) is 38.5 Å². The molecule has 7 nitrogen and oxygen atoms in total. The molecule has 0 saturated carbocycles. The molecule has 7 heteroatoms. The average molecular weight is 527 g/mol. The summed E-state index contributed by atoms with van der Waals surface area (Å²) >= 11 is 0. The molecule has 0 bridgehead atoms. The molecule has 3 unspecified atom stereocenters. The third-order valence-electron chi connectivity index (χ3n) is 8.04. The first-order valence-corrected chi connectivity index (χ1v) is 14.8. The molecule has 0 aromatic carbocycles. The fourth-order valence-corrected chi connectivity index (χ4v) is 5.37. The van der Waals surface area contributed by atoms with Crippen molar-refractivity contribution in [1.82, 2.24) is 0 Å². The molecule has 0 aliphatic rings. The second-order valence-electron chi connectivity index (χ2n) is 10.8. The fraction of sp³-hybridized carbons (Fsp3) is 0.833. The molecule has 0 spiro atoms. The molecule has 0 aromatic heterocycles. The molecule has 0 rings (SSSR count). The highest BCUT2D eigenvalue weighted by molar-refractivity contribution is 5.77. The summed E-state index contributed by atoms with van der Waals surface area (Å²) in [5.41, 5.74) is 0. The zero-order valence-electron chi connectivity index (χ0n) is 24.1. The molecular weight excluding hydrogens is 470 g/mol. The zero-order valence-corrected chi connectivity index (χ0v) is 24.1. The van der Waals surface area contributed by atoms with Gasteiger partial charge in [-0.05, 0) is 59.3 Å². The Morgan fingerprint density at radius 1 is 0.541 bits per heavy atom. The van der Waals surface area contributed by atoms with Crippen molar-refractivity contribution >= 4 is 17.9 Å². The van der Waals surface area contributed by atoms with E-state index in [1.165, 1.54) is 85.0 Å². The maximum absolute atomic E-state index is 11.8. The minimum absolute atomic E-state index is 0.218. The van der Waals surface area contributed by atoms with Crippen LogP contribution in [0.4, 0.5) is 0 Å². The highest BCUT2D eigenvalue weighted by Gasteiger charge is 2.52. The molecule has 0 amide bonds. The standard InChI is InChI=1S/C30H55NO6/c1-5-6-7-8-9-10-11-12-13-14-15-16-17-18-19-20-21-22-23-24-31(25(2)28(32)33,26(3)29(34)35)27(4)30(36)37/h15-16,25-27H,5-14,17-24H2,1-4H3,(H2-,32,33,34,35,36,37)/p+1/b16-15+. The quantitative estimate of drug-likeness (QED) is 0.0648. The van der Waals surface area contributed by atoms with Crippen LogP contribution >= 0.6 is 0 Å². The van der Waals surface area contributed by atoms with Gasteiger partial charge in [0.2, 0.25) is 0 Å². The smallest absolute Gasteiger partial charge is 0.362 e. The average Bonchev–Trinajstić information content (AvgIpc) is 2.86. The Balaban J connectivity index is 4.18. The third kappa shape index (κ3) is 14.0. The molecule has 0 aromatic rings. The van der Waals surface area contributed by atoms with E-state index in [4.69, 9.17) is 0 Å². The molecule has 216 valence electrons. The first kappa shape index (κ1) is 35.1. The van der Waals surface area contributed by atoms with Gasteiger partial charge in [-0.25, -0.2) is 14.4 Å². The molecule has 0 saturated heterocycles. The van der Waals surface area contributed by atoms with Crippen LogP contribution in [-0.4, -0.2) is 62.4 Å². The van der Waals surface area contributed by atoms with Crippen LogP contribution in [0.2, 0.25) is 0 Å². The summed E-state index contributed by atoms with van der Waals surface area (Å²) in [5, 5.41) is 28.9. The summed E-state index contributed by atoms with van der Waals surface area (Å²) in [7, 11) is 0. The zero-order chi connectivity index (χ0) is 28.1. The van der Waals surface area contributed by atoms with Crippen LogP contribution in [0, 0.1) is 0 Å². The molecule has 0 aliphatic carbocycles. The molecule has 37 heavy (non-hydrogen) atoms. The lowest BCUT2D eigenvalue weighted by Gasteiger charge is -2.47. The number of nitrogens with zero attached hydrogens (tertiary/aromatic N) is 1. The van der Waals surface area contributed by atoms with E-state index in [9.17, 15) is 29.7 Å². The summed E-state index contributed by atoms with van der Waals surface area (Å²) in [6, 6.07) is -3.38. The van der Waals surface area contributed by atoms with Gasteiger partial charge in [-0.3, -0.25) is 4.48 Å². The SMILES string of the molecule is CCCCCCCCCCC/C=C/CCCCCCCC[N+](C(C)C(=O)O)(C(C)C(=O)O)C(C)C(=O)O. The number of unbranched alkanes of at least 4 members (excludes halogenated alkanes) is 15. The second-order valence-corrected chi connectivity index (χ2v) is 10.8. The Morgan fingerprint density at radius 2 is 0.838 bits per heavy atom. The number of carboxylic acids is 3. The number of allylic oxidation sites excluding steroid dienone is 2. The molecule has 0 radical (unpaired) electrons. The minimum atomic E-state index is -1.17. The van der Waals surface area contributed by atoms with Crippen LogP contribution in [-0.2, 0) is 14.4 Å². The maximum Gasteiger partial charge on any atom is 0.362 e. The largest absolute Gasteiger partial charge is 0.477 e. The number of hydrogen-bond donors (Lipinski definition) is 3. The van der Waals surface area contributed by atoms with Crippen LogP contribution in [0.5, 0.6) is 0 Å². The van der Waals surface area contributed by atoms with Crippen molar-refractivity contribution in [2.45, 2.75) is 155 Å². The number of quaternary nitrogens is 1. The summed E-state index contributed by atoms with van der Waals surface area (Å²) in [6.07, 6.45) is 24.9. The first-order chi connectivity index (χ1) is 17.6. The van der Waals surface area contributed by atoms with Gasteiger partial charge in [-0.15, -0.1) is 0 Å². The molecule has 0 heterocycles. The van der Waals surface area contributed by atoms with Crippen molar-refractivity contribution in [1.29, 1.82) is 0 Å². The number of aliphatic carboxylic acids is 3. The van der Waals surface area contributed by atoms with Gasteiger partial charge in [0.15, 0.2) is 18.1 Å². The van der Waals surface area contributed by atoms with Gasteiger partial charge in [0.1, 0.15) is 0 Å². The van der Waals surface area contributed by atoms with Gasteiger partial charge in [-0.1, -0.05) is 89.7 Å². The van der Waals surface area contributed by atoms with Crippen LogP contribution in [0.15, 0.2) is 12.2 Å². The van der Waals surface area contributed by atoms with Gasteiger partial charge >= 0.3 is 17.9 Å². The summed E-state index contributed by atoms with van der Waals surface area (Å²) in [5.74, 6) is -3.52. The highest BCUT2D eigenvalue weighted by atomic mass is 16.4. The Kier molecular flexibility index (Phi) is 20.0. The Hall–Kier alpha value is -1.89. The summed E-state index contributed by atoms with van der Waals surface area (Å²) in [6.45, 7) is 6.74. The van der Waals surface area contributed by atoms with Crippen LogP contribution < -0.4 is 0 Å². The molecule has 0 fully saturated rings. The number of carbonyl (C=O) groups is 3. The Bertz CT molecular complexity index is 612. The van der Waals surface area contributed by atoms with E-state index in [1.54, 1.807) is 0 Å². The van der Waals surface area contributed by atoms with Crippen molar-refractivity contribution in [3.05, 3.63) is 12.2 Å². The third-order valence-corrected chi connectivity index (χ3v) is 8.04. The molecule has 0 aliphatic heterocycles. The van der Waals surface area contributed by atoms with Crippen molar-refractivity contribution in [3.63, 3.8) is 0 Å². The number of hydrogen-bond acceptors (Lipinski definition) is 3. The molecular formula is C30H56NO6+. The van der Waals surface area contributed by atoms with Crippen molar-refractivity contribution in [2.75, 3.05) is 6.54 Å². The van der Waals surface area contributed by atoms with E-state index in [2.05, 4.69) is 19.1 Å². The van der Waals surface area contributed by atoms with Gasteiger partial charge in [0.25, 0.3) is 0 Å². The monoisotopic (exact) mass is 526 g/mol. The maximum atomic E-state index is 11.8. The van der Waals surface area contributed by atoms with Crippen molar-refractivity contribution < 1.29 is 34.2 Å². The predicted molar refractivity (Wildman–Crippen MR) is 150 cm³/mol. The van der Waals surface area contributed by atoms with Crippen LogP contribution in [0.3, 0.4) is 0 Å². The van der Waals surface area contributed by atoms with Crippen LogP contribution in [0.1, 0.15) is 137 Å². The van der Waals surface area contributed by atoms with Gasteiger partial charge in [0, 0.05) is 0 Å². The van der Waals surface area contributed by atoms with Crippen LogP contribution in [0.25, 0.3) is 0 Å².